The Balaban J connectivity index is 1.68. The van der Waals surface area contributed by atoms with Crippen molar-refractivity contribution in [2.45, 2.75) is 52.4 Å². The molecule has 0 heterocycles. The second-order valence-electron chi connectivity index (χ2n) is 8.25. The van der Waals surface area contributed by atoms with Crippen LogP contribution in [0.25, 0.3) is 0 Å². The highest BCUT2D eigenvalue weighted by Crippen LogP contribution is 2.62. The average molecular weight is 298 g/mol. The van der Waals surface area contributed by atoms with Gasteiger partial charge in [-0.2, -0.15) is 0 Å². The Labute approximate surface area is 133 Å². The first-order valence-electron chi connectivity index (χ1n) is 8.94. The molecule has 0 amide bonds. The molecule has 0 aromatic carbocycles. The fraction of sp³-hybridized carbons (Fsp3) is 0.700. The molecule has 0 N–H and O–H groups in total. The summed E-state index contributed by atoms with van der Waals surface area (Å²) in [6.45, 7) is 4.16. The number of allylic oxidation sites excluding steroid dienone is 4. The molecule has 0 aromatic rings. The predicted octanol–water partition coefficient (Wildman–Crippen LogP) is 4.11. The molecule has 0 spiro atoms. The number of hydrogen-bond acceptors (Lipinski definition) is 2. The quantitative estimate of drug-likeness (QED) is 0.730. The Kier molecular flexibility index (Phi) is 3.22. The zero-order valence-electron chi connectivity index (χ0n) is 13.7. The third-order valence-corrected chi connectivity index (χ3v) is 7.36. The van der Waals surface area contributed by atoms with Crippen molar-refractivity contribution in [3.8, 4) is 0 Å². The van der Waals surface area contributed by atoms with E-state index in [1.807, 2.05) is 6.08 Å². The van der Waals surface area contributed by atoms with Crippen molar-refractivity contribution in [3.63, 3.8) is 0 Å². The lowest BCUT2D eigenvalue weighted by Crippen LogP contribution is -2.45. The van der Waals surface area contributed by atoms with Gasteiger partial charge in [0.1, 0.15) is 5.78 Å². The molecule has 4 aliphatic rings. The summed E-state index contributed by atoms with van der Waals surface area (Å²) in [4.78, 5) is 23.7. The number of fused-ring (bicyclic) bond motifs is 5. The lowest BCUT2D eigenvalue weighted by atomic mass is 9.53. The Morgan fingerprint density at radius 1 is 1.23 bits per heavy atom. The SMILES string of the molecule is CC(=O)[C@H]1CCC2[C@@H]3C=CC4=CC(=O)CCC4[C@@H]3CC[C@@]21C. The van der Waals surface area contributed by atoms with Gasteiger partial charge >= 0.3 is 0 Å². The summed E-state index contributed by atoms with van der Waals surface area (Å²) < 4.78 is 0. The van der Waals surface area contributed by atoms with Crippen LogP contribution < -0.4 is 0 Å². The number of hydrogen-bond donors (Lipinski definition) is 0. The van der Waals surface area contributed by atoms with Crippen LogP contribution in [0, 0.1) is 35.0 Å². The van der Waals surface area contributed by atoms with E-state index in [0.717, 1.165) is 19.3 Å². The van der Waals surface area contributed by atoms with Gasteiger partial charge < -0.3 is 0 Å². The Hall–Kier alpha value is -1.18. The first-order valence-corrected chi connectivity index (χ1v) is 8.94. The van der Waals surface area contributed by atoms with Gasteiger partial charge in [0, 0.05) is 12.3 Å². The normalized spacial score (nSPS) is 46.5. The maximum atomic E-state index is 12.1. The highest BCUT2D eigenvalue weighted by molar-refractivity contribution is 5.92. The highest BCUT2D eigenvalue weighted by Gasteiger charge is 2.56. The van der Waals surface area contributed by atoms with Crippen molar-refractivity contribution in [2.75, 3.05) is 0 Å². The number of Topliss-reactive ketones (excluding diaryl/α,β-unsaturated/α-hetero) is 1. The molecule has 118 valence electrons. The van der Waals surface area contributed by atoms with Crippen LogP contribution in [0.1, 0.15) is 52.4 Å². The minimum atomic E-state index is 0.211. The summed E-state index contributed by atoms with van der Waals surface area (Å²) in [5.41, 5.74) is 1.49. The van der Waals surface area contributed by atoms with Crippen molar-refractivity contribution in [2.24, 2.45) is 35.0 Å². The lowest BCUT2D eigenvalue weighted by molar-refractivity contribution is -0.126. The number of ketones is 2. The van der Waals surface area contributed by atoms with E-state index in [2.05, 4.69) is 19.1 Å². The molecule has 2 nitrogen and oxygen atoms in total. The standard InChI is InChI=1S/C20H26O2/c1-12(21)18-7-8-19-17-5-3-13-11-14(22)4-6-15(13)16(17)9-10-20(18,19)2/h3,5,11,15-19H,4,6-10H2,1-2H3/t15?,16-,17+,18+,19?,20+/m0/s1. The van der Waals surface area contributed by atoms with E-state index in [1.165, 1.54) is 24.8 Å². The van der Waals surface area contributed by atoms with E-state index < -0.39 is 0 Å². The number of carbonyl (C=O) groups is 2. The van der Waals surface area contributed by atoms with Crippen molar-refractivity contribution in [1.29, 1.82) is 0 Å². The van der Waals surface area contributed by atoms with E-state index >= 15 is 0 Å². The van der Waals surface area contributed by atoms with Gasteiger partial charge in [-0.25, -0.2) is 0 Å². The summed E-state index contributed by atoms with van der Waals surface area (Å²) in [6, 6.07) is 0. The van der Waals surface area contributed by atoms with Gasteiger partial charge in [0.25, 0.3) is 0 Å². The van der Waals surface area contributed by atoms with Crippen molar-refractivity contribution < 1.29 is 9.59 Å². The fourth-order valence-corrected chi connectivity index (χ4v) is 6.32. The zero-order valence-corrected chi connectivity index (χ0v) is 13.7. The molecule has 0 aliphatic heterocycles. The van der Waals surface area contributed by atoms with Crippen LogP contribution in [0.15, 0.2) is 23.8 Å². The number of rotatable bonds is 1. The Bertz CT molecular complexity index is 585. The molecule has 2 heteroatoms. The first kappa shape index (κ1) is 14.4. The van der Waals surface area contributed by atoms with Gasteiger partial charge in [-0.1, -0.05) is 19.1 Å². The largest absolute Gasteiger partial charge is 0.300 e. The van der Waals surface area contributed by atoms with Crippen LogP contribution in [-0.2, 0) is 9.59 Å². The summed E-state index contributed by atoms with van der Waals surface area (Å²) in [5, 5.41) is 0. The molecule has 2 saturated carbocycles. The molecule has 2 fully saturated rings. The summed E-state index contributed by atoms with van der Waals surface area (Å²) >= 11 is 0. The summed E-state index contributed by atoms with van der Waals surface area (Å²) in [7, 11) is 0. The molecule has 4 rings (SSSR count). The molecule has 22 heavy (non-hydrogen) atoms. The third-order valence-electron chi connectivity index (χ3n) is 7.36. The third kappa shape index (κ3) is 1.92. The van der Waals surface area contributed by atoms with Gasteiger partial charge in [-0.15, -0.1) is 0 Å². The minimum absolute atomic E-state index is 0.211. The smallest absolute Gasteiger partial charge is 0.155 e. The van der Waals surface area contributed by atoms with E-state index in [1.54, 1.807) is 6.92 Å². The second-order valence-corrected chi connectivity index (χ2v) is 8.25. The van der Waals surface area contributed by atoms with E-state index in [4.69, 9.17) is 0 Å². The van der Waals surface area contributed by atoms with Gasteiger partial charge in [0.05, 0.1) is 0 Å². The Morgan fingerprint density at radius 2 is 2.05 bits per heavy atom. The highest BCUT2D eigenvalue weighted by atomic mass is 16.1. The van der Waals surface area contributed by atoms with Crippen molar-refractivity contribution >= 4 is 11.6 Å². The fourth-order valence-electron chi connectivity index (χ4n) is 6.32. The minimum Gasteiger partial charge on any atom is -0.300 e. The maximum Gasteiger partial charge on any atom is 0.155 e. The molecule has 2 unspecified atom stereocenters. The molecule has 0 aromatic heterocycles. The van der Waals surface area contributed by atoms with Crippen LogP contribution >= 0.6 is 0 Å². The average Bonchev–Trinajstić information content (AvgIpc) is 2.84. The molecule has 0 saturated heterocycles. The maximum absolute atomic E-state index is 12.1. The van der Waals surface area contributed by atoms with Crippen molar-refractivity contribution in [1.82, 2.24) is 0 Å². The zero-order chi connectivity index (χ0) is 15.5. The van der Waals surface area contributed by atoms with Crippen LogP contribution in [0.3, 0.4) is 0 Å². The molecular formula is C20H26O2. The first-order chi connectivity index (χ1) is 10.5. The van der Waals surface area contributed by atoms with Crippen LogP contribution in [-0.4, -0.2) is 11.6 Å². The van der Waals surface area contributed by atoms with Gasteiger partial charge in [0.2, 0.25) is 0 Å². The monoisotopic (exact) mass is 298 g/mol. The lowest BCUT2D eigenvalue weighted by Gasteiger charge is -2.51. The van der Waals surface area contributed by atoms with Crippen LogP contribution in [0.5, 0.6) is 0 Å². The van der Waals surface area contributed by atoms with Crippen LogP contribution in [0.4, 0.5) is 0 Å². The molecule has 0 radical (unpaired) electrons. The van der Waals surface area contributed by atoms with Gasteiger partial charge in [-0.05, 0) is 79.8 Å². The van der Waals surface area contributed by atoms with E-state index in [-0.39, 0.29) is 11.3 Å². The predicted molar refractivity (Wildman–Crippen MR) is 86.2 cm³/mol. The van der Waals surface area contributed by atoms with E-state index in [9.17, 15) is 9.59 Å². The second kappa shape index (κ2) is 4.91. The molecule has 4 aliphatic carbocycles. The van der Waals surface area contributed by atoms with E-state index in [0.29, 0.717) is 35.2 Å². The summed E-state index contributed by atoms with van der Waals surface area (Å²) in [6.07, 6.45) is 13.0. The number of carbonyl (C=O) groups excluding carboxylic acids is 2. The summed E-state index contributed by atoms with van der Waals surface area (Å²) in [5.74, 6) is 3.55. The molecule has 6 atom stereocenters. The van der Waals surface area contributed by atoms with Gasteiger partial charge in [0.15, 0.2) is 5.78 Å². The molecule has 0 bridgehead atoms. The molecular weight excluding hydrogens is 272 g/mol. The Morgan fingerprint density at radius 3 is 2.82 bits per heavy atom. The van der Waals surface area contributed by atoms with Crippen molar-refractivity contribution in [3.05, 3.63) is 23.8 Å². The van der Waals surface area contributed by atoms with Gasteiger partial charge in [-0.3, -0.25) is 9.59 Å². The van der Waals surface area contributed by atoms with Crippen LogP contribution in [0.2, 0.25) is 0 Å². The topological polar surface area (TPSA) is 34.1 Å².